The molecule has 0 radical (unpaired) electrons. The van der Waals surface area contributed by atoms with Crippen molar-refractivity contribution in [2.45, 2.75) is 20.8 Å². The van der Waals surface area contributed by atoms with E-state index in [1.54, 1.807) is 0 Å². The molecule has 0 unspecified atom stereocenters. The summed E-state index contributed by atoms with van der Waals surface area (Å²) < 4.78 is 38.1. The van der Waals surface area contributed by atoms with Crippen LogP contribution in [0.5, 0.6) is 0 Å². The predicted octanol–water partition coefficient (Wildman–Crippen LogP) is 4.75. The van der Waals surface area contributed by atoms with Crippen LogP contribution in [0.2, 0.25) is 10.0 Å². The molecule has 0 nitrogen and oxygen atoms in total. The van der Waals surface area contributed by atoms with Crippen LogP contribution >= 0.6 is 23.2 Å². The minimum Gasteiger partial charge on any atom is -0.204 e. The summed E-state index contributed by atoms with van der Waals surface area (Å²) in [6.07, 6.45) is 0. The first-order valence-electron chi connectivity index (χ1n) is 3.94. The van der Waals surface area contributed by atoms with E-state index in [-0.39, 0.29) is 5.56 Å². The molecule has 5 heteroatoms. The normalized spacial score (nSPS) is 9.43. The highest BCUT2D eigenvalue weighted by atomic mass is 35.5. The maximum absolute atomic E-state index is 12.8. The van der Waals surface area contributed by atoms with Crippen LogP contribution in [0.3, 0.4) is 0 Å². The zero-order valence-electron chi connectivity index (χ0n) is 7.89. The van der Waals surface area contributed by atoms with Gasteiger partial charge in [0, 0.05) is 5.56 Å². The topological polar surface area (TPSA) is 0 Å². The molecule has 0 fully saturated rings. The number of rotatable bonds is 0. The molecule has 0 amide bonds. The third-order valence-electron chi connectivity index (χ3n) is 1.43. The average Bonchev–Trinajstić information content (AvgIpc) is 2.24. The van der Waals surface area contributed by atoms with Crippen LogP contribution < -0.4 is 0 Å². The van der Waals surface area contributed by atoms with Crippen molar-refractivity contribution in [2.24, 2.45) is 0 Å². The Morgan fingerprint density at radius 2 is 1.21 bits per heavy atom. The van der Waals surface area contributed by atoms with E-state index >= 15 is 0 Å². The quantitative estimate of drug-likeness (QED) is 0.457. The van der Waals surface area contributed by atoms with E-state index in [2.05, 4.69) is 0 Å². The van der Waals surface area contributed by atoms with Crippen LogP contribution in [0.1, 0.15) is 19.4 Å². The van der Waals surface area contributed by atoms with Crippen molar-refractivity contribution < 1.29 is 13.2 Å². The summed E-state index contributed by atoms with van der Waals surface area (Å²) in [5.41, 5.74) is -0.281. The lowest BCUT2D eigenvalue weighted by Crippen LogP contribution is -1.95. The Kier molecular flexibility index (Phi) is 5.31. The Morgan fingerprint density at radius 3 is 1.64 bits per heavy atom. The van der Waals surface area contributed by atoms with Gasteiger partial charge in [0.15, 0.2) is 17.5 Å². The van der Waals surface area contributed by atoms with Crippen molar-refractivity contribution in [3.05, 3.63) is 33.1 Å². The standard InChI is InChI=1S/C7H3Cl2F3.C2H6/c1-2-3(8)6(11)4(9)7(12)5(2)10;1-2/h1H3;1-2H3. The lowest BCUT2D eigenvalue weighted by Gasteiger charge is -2.04. The Morgan fingerprint density at radius 1 is 0.786 bits per heavy atom. The largest absolute Gasteiger partial charge is 0.204 e. The number of hydrogen-bond donors (Lipinski definition) is 0. The second-order valence-corrected chi connectivity index (χ2v) is 2.95. The second kappa shape index (κ2) is 5.47. The number of halogens is 5. The minimum atomic E-state index is -1.41. The maximum Gasteiger partial charge on any atom is 0.180 e. The van der Waals surface area contributed by atoms with Crippen molar-refractivity contribution in [1.82, 2.24) is 0 Å². The molecule has 0 heterocycles. The first-order chi connectivity index (χ1) is 6.46. The highest BCUT2D eigenvalue weighted by molar-refractivity contribution is 6.35. The molecule has 0 saturated heterocycles. The molecule has 0 aromatic heterocycles. The van der Waals surface area contributed by atoms with Crippen LogP contribution in [-0.2, 0) is 0 Å². The lowest BCUT2D eigenvalue weighted by molar-refractivity contribution is 0.490. The highest BCUT2D eigenvalue weighted by Gasteiger charge is 2.19. The molecule has 80 valence electrons. The average molecular weight is 245 g/mol. The van der Waals surface area contributed by atoms with E-state index in [0.29, 0.717) is 0 Å². The summed E-state index contributed by atoms with van der Waals surface area (Å²) in [7, 11) is 0. The molecule has 1 aromatic carbocycles. The third kappa shape index (κ3) is 2.34. The van der Waals surface area contributed by atoms with Gasteiger partial charge in [-0.15, -0.1) is 0 Å². The Labute approximate surface area is 90.6 Å². The fourth-order valence-electron chi connectivity index (χ4n) is 0.715. The van der Waals surface area contributed by atoms with Gasteiger partial charge in [-0.1, -0.05) is 37.0 Å². The van der Waals surface area contributed by atoms with Gasteiger partial charge in [-0.2, -0.15) is 0 Å². The molecule has 0 spiro atoms. The fourth-order valence-corrected chi connectivity index (χ4v) is 1.12. The number of benzene rings is 1. The molecule has 1 rings (SSSR count). The smallest absolute Gasteiger partial charge is 0.180 e. The Bertz CT molecular complexity index is 232. The molecule has 14 heavy (non-hydrogen) atoms. The molecular formula is C9H9Cl2F3. The van der Waals surface area contributed by atoms with Gasteiger partial charge in [-0.05, 0) is 6.92 Å². The van der Waals surface area contributed by atoms with Crippen molar-refractivity contribution in [2.75, 3.05) is 0 Å². The van der Waals surface area contributed by atoms with Crippen LogP contribution in [0.25, 0.3) is 0 Å². The van der Waals surface area contributed by atoms with Crippen LogP contribution in [0, 0.1) is 24.4 Å². The molecule has 1 aromatic rings. The fraction of sp³-hybridized carbons (Fsp3) is 0.333. The molecule has 0 atom stereocenters. The SMILES string of the molecule is CC.Cc1c(F)c(F)c(Cl)c(F)c1Cl. The maximum atomic E-state index is 12.8. The summed E-state index contributed by atoms with van der Waals surface area (Å²) in [6.45, 7) is 5.17. The van der Waals surface area contributed by atoms with Gasteiger partial charge in [-0.25, -0.2) is 13.2 Å². The molecule has 0 bridgehead atoms. The zero-order chi connectivity index (χ0) is 11.5. The van der Waals surface area contributed by atoms with Crippen LogP contribution in [-0.4, -0.2) is 0 Å². The monoisotopic (exact) mass is 244 g/mol. The van der Waals surface area contributed by atoms with Gasteiger partial charge in [0.2, 0.25) is 0 Å². The van der Waals surface area contributed by atoms with E-state index in [1.807, 2.05) is 13.8 Å². The van der Waals surface area contributed by atoms with Gasteiger partial charge in [0.05, 0.1) is 5.02 Å². The molecular weight excluding hydrogens is 236 g/mol. The zero-order valence-corrected chi connectivity index (χ0v) is 9.40. The van der Waals surface area contributed by atoms with Crippen molar-refractivity contribution in [3.63, 3.8) is 0 Å². The highest BCUT2D eigenvalue weighted by Crippen LogP contribution is 2.31. The molecule has 0 aliphatic rings. The molecule has 0 aliphatic carbocycles. The summed E-state index contributed by atoms with van der Waals surface area (Å²) in [5, 5.41) is -1.40. The lowest BCUT2D eigenvalue weighted by atomic mass is 10.2. The molecule has 0 N–H and O–H groups in total. The van der Waals surface area contributed by atoms with Crippen LogP contribution in [0.4, 0.5) is 13.2 Å². The van der Waals surface area contributed by atoms with Crippen molar-refractivity contribution in [1.29, 1.82) is 0 Å². The number of hydrogen-bond acceptors (Lipinski definition) is 0. The minimum absolute atomic E-state index is 0.281. The Hall–Kier alpha value is -0.410. The van der Waals surface area contributed by atoms with Crippen LogP contribution in [0.15, 0.2) is 0 Å². The first-order valence-corrected chi connectivity index (χ1v) is 4.70. The van der Waals surface area contributed by atoms with Gasteiger partial charge in [-0.3, -0.25) is 0 Å². The van der Waals surface area contributed by atoms with Gasteiger partial charge in [0.1, 0.15) is 5.02 Å². The summed E-state index contributed by atoms with van der Waals surface area (Å²) in [4.78, 5) is 0. The molecule has 0 aliphatic heterocycles. The van der Waals surface area contributed by atoms with E-state index < -0.39 is 27.5 Å². The van der Waals surface area contributed by atoms with E-state index in [9.17, 15) is 13.2 Å². The molecule has 0 saturated carbocycles. The van der Waals surface area contributed by atoms with E-state index in [0.717, 1.165) is 0 Å². The second-order valence-electron chi connectivity index (χ2n) is 2.19. The van der Waals surface area contributed by atoms with Gasteiger partial charge in [0.25, 0.3) is 0 Å². The van der Waals surface area contributed by atoms with Crippen molar-refractivity contribution in [3.8, 4) is 0 Å². The summed E-state index contributed by atoms with van der Waals surface area (Å²) in [6, 6.07) is 0. The first kappa shape index (κ1) is 13.6. The van der Waals surface area contributed by atoms with E-state index in [4.69, 9.17) is 23.2 Å². The predicted molar refractivity (Wildman–Crippen MR) is 52.4 cm³/mol. The Balaban J connectivity index is 0.000000791. The van der Waals surface area contributed by atoms with Gasteiger partial charge < -0.3 is 0 Å². The van der Waals surface area contributed by atoms with Crippen molar-refractivity contribution >= 4 is 23.2 Å². The van der Waals surface area contributed by atoms with Gasteiger partial charge >= 0.3 is 0 Å². The van der Waals surface area contributed by atoms with E-state index in [1.165, 1.54) is 6.92 Å². The summed E-state index contributed by atoms with van der Waals surface area (Å²) in [5.74, 6) is -3.75. The third-order valence-corrected chi connectivity index (χ3v) is 2.21. The summed E-state index contributed by atoms with van der Waals surface area (Å²) >= 11 is 10.4.